The molecule has 0 bridgehead atoms. The molecule has 19 heavy (non-hydrogen) atoms. The summed E-state index contributed by atoms with van der Waals surface area (Å²) in [5.74, 6) is -1.59. The summed E-state index contributed by atoms with van der Waals surface area (Å²) >= 11 is 0. The van der Waals surface area contributed by atoms with Crippen molar-refractivity contribution < 1.29 is 19.4 Å². The van der Waals surface area contributed by atoms with E-state index in [2.05, 4.69) is 5.32 Å². The lowest BCUT2D eigenvalue weighted by Crippen LogP contribution is -2.43. The van der Waals surface area contributed by atoms with Gasteiger partial charge in [-0.1, -0.05) is 30.3 Å². The number of nitrogens with one attached hydrogen (secondary N) is 2. The number of carbonyl (C=O) groups is 2. The number of hydrogen-bond donors (Lipinski definition) is 4. The molecule has 0 unspecified atom stereocenters. The van der Waals surface area contributed by atoms with E-state index >= 15 is 0 Å². The van der Waals surface area contributed by atoms with Crippen LogP contribution in [0.1, 0.15) is 12.0 Å². The molecule has 0 saturated heterocycles. The van der Waals surface area contributed by atoms with E-state index < -0.39 is 18.1 Å². The monoisotopic (exact) mass is 265 g/mol. The van der Waals surface area contributed by atoms with Gasteiger partial charge in [0.25, 0.3) is 0 Å². The fourth-order valence-corrected chi connectivity index (χ4v) is 1.33. The highest BCUT2D eigenvalue weighted by Crippen LogP contribution is 2.01. The van der Waals surface area contributed by atoms with Crippen LogP contribution in [0.3, 0.4) is 0 Å². The van der Waals surface area contributed by atoms with Crippen LogP contribution < -0.4 is 11.1 Å². The second-order valence-electron chi connectivity index (χ2n) is 3.83. The molecule has 102 valence electrons. The molecule has 7 nitrogen and oxygen atoms in total. The van der Waals surface area contributed by atoms with Crippen LogP contribution >= 0.6 is 0 Å². The molecule has 0 heterocycles. The first-order chi connectivity index (χ1) is 8.99. The van der Waals surface area contributed by atoms with Gasteiger partial charge in [0.2, 0.25) is 0 Å². The van der Waals surface area contributed by atoms with Crippen LogP contribution in [0.4, 0.5) is 4.79 Å². The number of carbonyl (C=O) groups excluding carboxylic acids is 1. The number of ether oxygens (including phenoxy) is 1. The smallest absolute Gasteiger partial charge is 0.408 e. The van der Waals surface area contributed by atoms with Gasteiger partial charge in [0.05, 0.1) is 5.84 Å². The maximum Gasteiger partial charge on any atom is 0.408 e. The van der Waals surface area contributed by atoms with E-state index in [0.29, 0.717) is 0 Å². The van der Waals surface area contributed by atoms with Gasteiger partial charge in [0.1, 0.15) is 12.6 Å². The van der Waals surface area contributed by atoms with Gasteiger partial charge >= 0.3 is 12.1 Å². The van der Waals surface area contributed by atoms with E-state index in [1.54, 1.807) is 24.3 Å². The van der Waals surface area contributed by atoms with Gasteiger partial charge < -0.3 is 20.9 Å². The Morgan fingerprint density at radius 3 is 2.53 bits per heavy atom. The Bertz CT molecular complexity index is 461. The molecule has 0 radical (unpaired) electrons. The van der Waals surface area contributed by atoms with Crippen molar-refractivity contribution in [2.75, 3.05) is 0 Å². The second-order valence-corrected chi connectivity index (χ2v) is 3.83. The van der Waals surface area contributed by atoms with Crippen LogP contribution in [0.5, 0.6) is 0 Å². The lowest BCUT2D eigenvalue weighted by Gasteiger charge is -2.13. The molecule has 1 rings (SSSR count). The molecule has 1 aromatic carbocycles. The standard InChI is InChI=1S/C12H15N3O4/c13-10(14)6-9(11(16)17)15-12(18)19-7-8-4-2-1-3-5-8/h1-5,9H,6-7H2,(H3,13,14)(H,15,18)(H,16,17)/t9-/m0/s1. The fourth-order valence-electron chi connectivity index (χ4n) is 1.33. The quantitative estimate of drug-likeness (QED) is 0.445. The average Bonchev–Trinajstić information content (AvgIpc) is 2.36. The van der Waals surface area contributed by atoms with Crippen LogP contribution in [0, 0.1) is 5.41 Å². The maximum atomic E-state index is 11.4. The third-order valence-electron chi connectivity index (χ3n) is 2.23. The summed E-state index contributed by atoms with van der Waals surface area (Å²) in [5.41, 5.74) is 5.89. The van der Waals surface area contributed by atoms with Crippen molar-refractivity contribution in [1.29, 1.82) is 5.41 Å². The number of rotatable bonds is 6. The molecule has 0 saturated carbocycles. The summed E-state index contributed by atoms with van der Waals surface area (Å²) in [6.45, 7) is 0.0408. The van der Waals surface area contributed by atoms with Crippen LogP contribution in [-0.2, 0) is 16.1 Å². The van der Waals surface area contributed by atoms with Gasteiger partial charge in [0.15, 0.2) is 0 Å². The molecule has 1 atom stereocenters. The second kappa shape index (κ2) is 7.00. The zero-order valence-corrected chi connectivity index (χ0v) is 10.1. The van der Waals surface area contributed by atoms with Crippen molar-refractivity contribution in [3.8, 4) is 0 Å². The number of aliphatic carboxylic acids is 1. The molecule has 0 fully saturated rings. The van der Waals surface area contributed by atoms with E-state index in [1.807, 2.05) is 6.07 Å². The number of nitrogens with two attached hydrogens (primary N) is 1. The van der Waals surface area contributed by atoms with E-state index in [1.165, 1.54) is 0 Å². The first-order valence-corrected chi connectivity index (χ1v) is 5.52. The molecule has 0 aliphatic rings. The van der Waals surface area contributed by atoms with Crippen LogP contribution in [-0.4, -0.2) is 29.0 Å². The van der Waals surface area contributed by atoms with Gasteiger partial charge in [-0.2, -0.15) is 0 Å². The number of amidine groups is 1. The lowest BCUT2D eigenvalue weighted by molar-refractivity contribution is -0.139. The molecule has 0 spiro atoms. The van der Waals surface area contributed by atoms with Crippen LogP contribution in [0.2, 0.25) is 0 Å². The van der Waals surface area contributed by atoms with Gasteiger partial charge in [0, 0.05) is 6.42 Å². The summed E-state index contributed by atoms with van der Waals surface area (Å²) in [6, 6.07) is 7.71. The zero-order chi connectivity index (χ0) is 14.3. The molecule has 5 N–H and O–H groups in total. The van der Waals surface area contributed by atoms with Crippen molar-refractivity contribution in [2.24, 2.45) is 5.73 Å². The summed E-state index contributed by atoms with van der Waals surface area (Å²) in [4.78, 5) is 22.2. The third kappa shape index (κ3) is 5.53. The number of alkyl carbamates (subject to hydrolysis) is 1. The largest absolute Gasteiger partial charge is 0.480 e. The molecule has 0 aromatic heterocycles. The first-order valence-electron chi connectivity index (χ1n) is 5.52. The summed E-state index contributed by atoms with van der Waals surface area (Å²) in [5, 5.41) is 18.0. The maximum absolute atomic E-state index is 11.4. The number of benzene rings is 1. The minimum Gasteiger partial charge on any atom is -0.480 e. The Morgan fingerprint density at radius 1 is 1.37 bits per heavy atom. The predicted molar refractivity (Wildman–Crippen MR) is 67.7 cm³/mol. The molecular weight excluding hydrogens is 250 g/mol. The van der Waals surface area contributed by atoms with Gasteiger partial charge in [-0.3, -0.25) is 5.41 Å². The minimum atomic E-state index is -1.27. The third-order valence-corrected chi connectivity index (χ3v) is 2.23. The van der Waals surface area contributed by atoms with Crippen molar-refractivity contribution in [2.45, 2.75) is 19.1 Å². The Labute approximate surface area is 109 Å². The Balaban J connectivity index is 2.45. The topological polar surface area (TPSA) is 126 Å². The molecular formula is C12H15N3O4. The first kappa shape index (κ1) is 14.5. The van der Waals surface area contributed by atoms with Crippen LogP contribution in [0.15, 0.2) is 30.3 Å². The Hall–Kier alpha value is -2.57. The van der Waals surface area contributed by atoms with Crippen LogP contribution in [0.25, 0.3) is 0 Å². The fraction of sp³-hybridized carbons (Fsp3) is 0.250. The average molecular weight is 265 g/mol. The Kier molecular flexibility index (Phi) is 5.34. The van der Waals surface area contributed by atoms with Crippen molar-refractivity contribution in [3.63, 3.8) is 0 Å². The van der Waals surface area contributed by atoms with E-state index in [4.69, 9.17) is 21.0 Å². The normalized spacial score (nSPS) is 11.4. The zero-order valence-electron chi connectivity index (χ0n) is 10.1. The molecule has 7 heteroatoms. The highest BCUT2D eigenvalue weighted by molar-refractivity contribution is 5.87. The summed E-state index contributed by atoms with van der Waals surface area (Å²) in [7, 11) is 0. The highest BCUT2D eigenvalue weighted by atomic mass is 16.5. The lowest BCUT2D eigenvalue weighted by atomic mass is 10.2. The van der Waals surface area contributed by atoms with E-state index in [-0.39, 0.29) is 18.9 Å². The molecule has 1 aromatic rings. The van der Waals surface area contributed by atoms with E-state index in [9.17, 15) is 9.59 Å². The van der Waals surface area contributed by atoms with Crippen molar-refractivity contribution in [1.82, 2.24) is 5.32 Å². The number of hydrogen-bond acceptors (Lipinski definition) is 4. The highest BCUT2D eigenvalue weighted by Gasteiger charge is 2.21. The van der Waals surface area contributed by atoms with Crippen molar-refractivity contribution in [3.05, 3.63) is 35.9 Å². The number of amides is 1. The minimum absolute atomic E-state index is 0.0408. The molecule has 1 amide bonds. The SMILES string of the molecule is N=C(N)C[C@H](NC(=O)OCc1ccccc1)C(=O)O. The predicted octanol–water partition coefficient (Wildman–Crippen LogP) is 0.692. The number of carboxylic acids is 1. The molecule has 0 aliphatic heterocycles. The Morgan fingerprint density at radius 2 is 2.00 bits per heavy atom. The summed E-state index contributed by atoms with van der Waals surface area (Å²) < 4.78 is 4.87. The van der Waals surface area contributed by atoms with Gasteiger partial charge in [-0.05, 0) is 5.56 Å². The summed E-state index contributed by atoms with van der Waals surface area (Å²) in [6.07, 6.45) is -1.13. The van der Waals surface area contributed by atoms with Gasteiger partial charge in [-0.25, -0.2) is 9.59 Å². The van der Waals surface area contributed by atoms with E-state index in [0.717, 1.165) is 5.56 Å². The van der Waals surface area contributed by atoms with Crippen molar-refractivity contribution >= 4 is 17.9 Å². The number of carboxylic acid groups (broad SMARTS) is 1. The van der Waals surface area contributed by atoms with Gasteiger partial charge in [-0.15, -0.1) is 0 Å². The molecule has 0 aliphatic carbocycles.